The Hall–Kier alpha value is -0.420. The zero-order chi connectivity index (χ0) is 12.3. The van der Waals surface area contributed by atoms with Gasteiger partial charge in [-0.05, 0) is 49.2 Å². The maximum absolute atomic E-state index is 9.00. The van der Waals surface area contributed by atoms with Crippen molar-refractivity contribution in [1.82, 2.24) is 4.90 Å². The van der Waals surface area contributed by atoms with Crippen molar-refractivity contribution in [3.05, 3.63) is 21.9 Å². The predicted octanol–water partition coefficient (Wildman–Crippen LogP) is 1.76. The van der Waals surface area contributed by atoms with Gasteiger partial charge >= 0.3 is 0 Å². The summed E-state index contributed by atoms with van der Waals surface area (Å²) in [6.45, 7) is 5.36. The maximum Gasteiger partial charge on any atom is 0.0567 e. The van der Waals surface area contributed by atoms with Gasteiger partial charge in [-0.1, -0.05) is 0 Å². The third-order valence-electron chi connectivity index (χ3n) is 3.72. The summed E-state index contributed by atoms with van der Waals surface area (Å²) < 4.78 is 0. The van der Waals surface area contributed by atoms with Crippen LogP contribution >= 0.6 is 11.3 Å². The Morgan fingerprint density at radius 3 is 3.06 bits per heavy atom. The Morgan fingerprint density at radius 2 is 2.47 bits per heavy atom. The Kier molecular flexibility index (Phi) is 4.56. The van der Waals surface area contributed by atoms with Crippen LogP contribution in [0.5, 0.6) is 0 Å². The van der Waals surface area contributed by atoms with Crippen molar-refractivity contribution in [1.29, 1.82) is 0 Å². The van der Waals surface area contributed by atoms with Crippen molar-refractivity contribution in [2.24, 2.45) is 11.7 Å². The molecule has 2 heterocycles. The molecule has 0 bridgehead atoms. The van der Waals surface area contributed by atoms with Crippen LogP contribution in [-0.2, 0) is 0 Å². The second-order valence-electron chi connectivity index (χ2n) is 4.88. The van der Waals surface area contributed by atoms with Crippen molar-refractivity contribution in [2.75, 3.05) is 26.2 Å². The third kappa shape index (κ3) is 2.88. The number of hydrogen-bond donors (Lipinski definition) is 2. The Morgan fingerprint density at radius 1 is 1.65 bits per heavy atom. The first-order valence-electron chi connectivity index (χ1n) is 6.35. The van der Waals surface area contributed by atoms with Crippen LogP contribution in [0.4, 0.5) is 0 Å². The van der Waals surface area contributed by atoms with Crippen LogP contribution in [0.2, 0.25) is 0 Å². The van der Waals surface area contributed by atoms with E-state index in [0.717, 1.165) is 19.5 Å². The first-order chi connectivity index (χ1) is 8.26. The Labute approximate surface area is 107 Å². The molecule has 0 amide bonds. The van der Waals surface area contributed by atoms with Crippen molar-refractivity contribution >= 4 is 11.3 Å². The summed E-state index contributed by atoms with van der Waals surface area (Å²) in [6.07, 6.45) is 2.12. The molecule has 0 saturated carbocycles. The largest absolute Gasteiger partial charge is 0.396 e. The van der Waals surface area contributed by atoms with Crippen LogP contribution in [0.25, 0.3) is 0 Å². The summed E-state index contributed by atoms with van der Waals surface area (Å²) in [5.41, 5.74) is 7.31. The fourth-order valence-electron chi connectivity index (χ4n) is 2.71. The summed E-state index contributed by atoms with van der Waals surface area (Å²) in [7, 11) is 0. The lowest BCUT2D eigenvalue weighted by Gasteiger charge is -2.26. The van der Waals surface area contributed by atoms with Gasteiger partial charge in [-0.2, -0.15) is 0 Å². The first kappa shape index (κ1) is 13.0. The van der Waals surface area contributed by atoms with Gasteiger partial charge in [0.1, 0.15) is 0 Å². The average Bonchev–Trinajstić information content (AvgIpc) is 2.92. The minimum atomic E-state index is 0.309. The molecular weight excluding hydrogens is 232 g/mol. The maximum atomic E-state index is 9.00. The van der Waals surface area contributed by atoms with Gasteiger partial charge in [0, 0.05) is 24.6 Å². The number of nitrogens with two attached hydrogens (primary N) is 1. The zero-order valence-electron chi connectivity index (χ0n) is 10.4. The molecule has 3 nitrogen and oxygen atoms in total. The fraction of sp³-hybridized carbons (Fsp3) is 0.692. The highest BCUT2D eigenvalue weighted by Crippen LogP contribution is 2.32. The summed E-state index contributed by atoms with van der Waals surface area (Å²) in [5, 5.41) is 11.1. The SMILES string of the molecule is Cc1ccsc1C(CN)N1CCC(CCO)C1. The van der Waals surface area contributed by atoms with E-state index in [1.54, 1.807) is 0 Å². The quantitative estimate of drug-likeness (QED) is 0.842. The van der Waals surface area contributed by atoms with Crippen molar-refractivity contribution in [3.8, 4) is 0 Å². The number of rotatable bonds is 5. The van der Waals surface area contributed by atoms with Crippen LogP contribution in [0.3, 0.4) is 0 Å². The minimum absolute atomic E-state index is 0.309. The monoisotopic (exact) mass is 254 g/mol. The molecule has 3 N–H and O–H groups in total. The molecule has 2 unspecified atom stereocenters. The fourth-order valence-corrected chi connectivity index (χ4v) is 3.79. The lowest BCUT2D eigenvalue weighted by Crippen LogP contribution is -2.32. The molecule has 1 fully saturated rings. The van der Waals surface area contributed by atoms with Gasteiger partial charge in [0.05, 0.1) is 6.04 Å². The molecule has 17 heavy (non-hydrogen) atoms. The van der Waals surface area contributed by atoms with E-state index >= 15 is 0 Å². The average molecular weight is 254 g/mol. The molecule has 96 valence electrons. The molecule has 1 aromatic rings. The smallest absolute Gasteiger partial charge is 0.0567 e. The molecule has 0 aliphatic carbocycles. The number of thiophene rings is 1. The van der Waals surface area contributed by atoms with Gasteiger partial charge in [0.15, 0.2) is 0 Å². The molecule has 2 atom stereocenters. The molecule has 0 spiro atoms. The second-order valence-corrected chi connectivity index (χ2v) is 5.83. The topological polar surface area (TPSA) is 49.5 Å². The normalized spacial score (nSPS) is 23.1. The zero-order valence-corrected chi connectivity index (χ0v) is 11.2. The molecule has 1 aliphatic rings. The van der Waals surface area contributed by atoms with Gasteiger partial charge in [0.25, 0.3) is 0 Å². The standard InChI is InChI=1S/C13H22N2OS/c1-10-4-7-17-13(10)12(8-14)15-5-2-11(9-15)3-6-16/h4,7,11-12,16H,2-3,5-6,8-9,14H2,1H3. The second kappa shape index (κ2) is 5.96. The van der Waals surface area contributed by atoms with Crippen LogP contribution < -0.4 is 5.73 Å². The van der Waals surface area contributed by atoms with E-state index in [4.69, 9.17) is 10.8 Å². The number of aryl methyl sites for hydroxylation is 1. The summed E-state index contributed by atoms with van der Waals surface area (Å²) in [5.74, 6) is 0.648. The van der Waals surface area contributed by atoms with Crippen molar-refractivity contribution in [2.45, 2.75) is 25.8 Å². The van der Waals surface area contributed by atoms with E-state index in [2.05, 4.69) is 23.3 Å². The highest BCUT2D eigenvalue weighted by molar-refractivity contribution is 7.10. The van der Waals surface area contributed by atoms with Crippen LogP contribution in [0, 0.1) is 12.8 Å². The molecule has 4 heteroatoms. The molecule has 2 rings (SSSR count). The van der Waals surface area contributed by atoms with Crippen LogP contribution in [0.15, 0.2) is 11.4 Å². The molecule has 1 aliphatic heterocycles. The predicted molar refractivity (Wildman–Crippen MR) is 72.2 cm³/mol. The van der Waals surface area contributed by atoms with Gasteiger partial charge in [-0.3, -0.25) is 4.90 Å². The Balaban J connectivity index is 2.03. The molecule has 0 radical (unpaired) electrons. The summed E-state index contributed by atoms with van der Waals surface area (Å²) in [6, 6.07) is 2.54. The summed E-state index contributed by atoms with van der Waals surface area (Å²) in [4.78, 5) is 3.90. The molecule has 0 aromatic carbocycles. The number of likely N-dealkylation sites (tertiary alicyclic amines) is 1. The highest BCUT2D eigenvalue weighted by Gasteiger charge is 2.29. The van der Waals surface area contributed by atoms with Gasteiger partial charge in [-0.25, -0.2) is 0 Å². The van der Waals surface area contributed by atoms with Gasteiger partial charge in [-0.15, -0.1) is 11.3 Å². The number of nitrogens with zero attached hydrogens (tertiary/aromatic N) is 1. The molecule has 1 saturated heterocycles. The van der Waals surface area contributed by atoms with Crippen molar-refractivity contribution < 1.29 is 5.11 Å². The molecular formula is C13H22N2OS. The van der Waals surface area contributed by atoms with E-state index in [9.17, 15) is 0 Å². The van der Waals surface area contributed by atoms with Crippen LogP contribution in [-0.4, -0.2) is 36.2 Å². The Bertz CT molecular complexity index is 353. The van der Waals surface area contributed by atoms with Gasteiger partial charge < -0.3 is 10.8 Å². The summed E-state index contributed by atoms with van der Waals surface area (Å²) >= 11 is 1.81. The van der Waals surface area contributed by atoms with E-state index in [-0.39, 0.29) is 0 Å². The van der Waals surface area contributed by atoms with E-state index < -0.39 is 0 Å². The van der Waals surface area contributed by atoms with E-state index in [1.807, 2.05) is 11.3 Å². The third-order valence-corrected chi connectivity index (χ3v) is 4.84. The van der Waals surface area contributed by atoms with Crippen molar-refractivity contribution in [3.63, 3.8) is 0 Å². The van der Waals surface area contributed by atoms with Crippen LogP contribution in [0.1, 0.15) is 29.3 Å². The number of aliphatic hydroxyl groups excluding tert-OH is 1. The van der Waals surface area contributed by atoms with E-state index in [0.29, 0.717) is 25.1 Å². The molecule has 1 aromatic heterocycles. The number of aliphatic hydroxyl groups is 1. The lowest BCUT2D eigenvalue weighted by molar-refractivity contribution is 0.224. The highest BCUT2D eigenvalue weighted by atomic mass is 32.1. The van der Waals surface area contributed by atoms with Gasteiger partial charge in [0.2, 0.25) is 0 Å². The number of hydrogen-bond acceptors (Lipinski definition) is 4. The minimum Gasteiger partial charge on any atom is -0.396 e. The van der Waals surface area contributed by atoms with E-state index in [1.165, 1.54) is 16.9 Å². The lowest BCUT2D eigenvalue weighted by atomic mass is 10.1. The first-order valence-corrected chi connectivity index (χ1v) is 7.23.